The predicted molar refractivity (Wildman–Crippen MR) is 52.8 cm³/mol. The normalized spacial score (nSPS) is 10.5. The number of halogens is 1. The van der Waals surface area contributed by atoms with Gasteiger partial charge in [-0.15, -0.1) is 0 Å². The summed E-state index contributed by atoms with van der Waals surface area (Å²) in [5.41, 5.74) is 0. The van der Waals surface area contributed by atoms with Crippen LogP contribution in [0.2, 0.25) is 6.04 Å². The summed E-state index contributed by atoms with van der Waals surface area (Å²) < 4.78 is 0. The van der Waals surface area contributed by atoms with Crippen molar-refractivity contribution in [2.75, 3.05) is 0 Å². The Morgan fingerprint density at radius 1 is 1.27 bits per heavy atom. The van der Waals surface area contributed by atoms with Crippen LogP contribution in [0.5, 0.6) is 0 Å². The largest absolute Gasteiger partial charge is 0.199 e. The zero-order chi connectivity index (χ0) is 8.10. The van der Waals surface area contributed by atoms with Crippen molar-refractivity contribution in [1.82, 2.24) is 0 Å². The van der Waals surface area contributed by atoms with Crippen LogP contribution in [0, 0.1) is 0 Å². The van der Waals surface area contributed by atoms with Crippen molar-refractivity contribution in [3.8, 4) is 0 Å². The summed E-state index contributed by atoms with van der Waals surface area (Å²) in [6.45, 7) is 2.18. The van der Waals surface area contributed by atoms with Gasteiger partial charge >= 0.3 is 0 Å². The second kappa shape index (κ2) is 4.57. The van der Waals surface area contributed by atoms with E-state index in [-0.39, 0.29) is 0 Å². The van der Waals surface area contributed by atoms with E-state index in [4.69, 9.17) is 11.1 Å². The van der Waals surface area contributed by atoms with Gasteiger partial charge in [-0.1, -0.05) is 43.7 Å². The van der Waals surface area contributed by atoms with Crippen molar-refractivity contribution in [1.29, 1.82) is 0 Å². The molecule has 1 rings (SSSR count). The summed E-state index contributed by atoms with van der Waals surface area (Å²) in [5, 5.41) is 1.33. The molecule has 1 radical (unpaired) electrons. The third kappa shape index (κ3) is 2.68. The van der Waals surface area contributed by atoms with Gasteiger partial charge in [0, 0.05) is 0 Å². The summed E-state index contributed by atoms with van der Waals surface area (Å²) in [4.78, 5) is 0. The van der Waals surface area contributed by atoms with Gasteiger partial charge in [0.2, 0.25) is 0 Å². The van der Waals surface area contributed by atoms with E-state index >= 15 is 0 Å². The molecule has 1 aromatic carbocycles. The zero-order valence-electron chi connectivity index (χ0n) is 6.68. The molecule has 0 aliphatic carbocycles. The highest BCUT2D eigenvalue weighted by Crippen LogP contribution is 2.01. The van der Waals surface area contributed by atoms with Gasteiger partial charge in [-0.25, -0.2) is 0 Å². The lowest BCUT2D eigenvalue weighted by Gasteiger charge is -2.03. The SMILES string of the molecule is CCC[Si](Cl)c1ccccc1. The third-order valence-corrected chi connectivity index (χ3v) is 4.68. The molecule has 2 heteroatoms. The minimum absolute atomic E-state index is 0.746. The van der Waals surface area contributed by atoms with Crippen LogP contribution in [0.4, 0.5) is 0 Å². The van der Waals surface area contributed by atoms with Crippen LogP contribution >= 0.6 is 11.1 Å². The summed E-state index contributed by atoms with van der Waals surface area (Å²) >= 11 is 6.21. The van der Waals surface area contributed by atoms with Gasteiger partial charge in [0.15, 0.2) is 8.11 Å². The van der Waals surface area contributed by atoms with E-state index in [1.165, 1.54) is 11.6 Å². The molecule has 0 atom stereocenters. The average molecular weight is 184 g/mol. The zero-order valence-corrected chi connectivity index (χ0v) is 8.43. The average Bonchev–Trinajstić information content (AvgIpc) is 2.07. The highest BCUT2D eigenvalue weighted by Gasteiger charge is 2.07. The maximum absolute atomic E-state index is 6.21. The minimum Gasteiger partial charge on any atom is -0.163 e. The van der Waals surface area contributed by atoms with Gasteiger partial charge in [0.05, 0.1) is 0 Å². The molecular weight excluding hydrogens is 172 g/mol. The molecule has 0 amide bonds. The molecule has 0 aliphatic rings. The highest BCUT2D eigenvalue weighted by molar-refractivity contribution is 7.14. The molecule has 0 saturated carbocycles. The van der Waals surface area contributed by atoms with E-state index in [9.17, 15) is 0 Å². The first kappa shape index (κ1) is 8.82. The summed E-state index contributed by atoms with van der Waals surface area (Å²) in [5.74, 6) is 0. The molecule has 59 valence electrons. The Morgan fingerprint density at radius 2 is 1.91 bits per heavy atom. The summed E-state index contributed by atoms with van der Waals surface area (Å²) in [6, 6.07) is 11.5. The van der Waals surface area contributed by atoms with Crippen LogP contribution in [0.1, 0.15) is 13.3 Å². The molecular formula is C9H12ClSi. The first-order valence-electron chi connectivity index (χ1n) is 3.91. The fourth-order valence-electron chi connectivity index (χ4n) is 0.983. The van der Waals surface area contributed by atoms with Crippen molar-refractivity contribution in [2.45, 2.75) is 19.4 Å². The molecule has 0 bridgehead atoms. The van der Waals surface area contributed by atoms with E-state index in [1.807, 2.05) is 6.07 Å². The monoisotopic (exact) mass is 183 g/mol. The lowest BCUT2D eigenvalue weighted by atomic mass is 10.4. The second-order valence-electron chi connectivity index (χ2n) is 2.52. The Labute approximate surface area is 74.5 Å². The summed E-state index contributed by atoms with van der Waals surface area (Å²) in [7, 11) is -0.746. The fraction of sp³-hybridized carbons (Fsp3) is 0.333. The quantitative estimate of drug-likeness (QED) is 0.499. The maximum atomic E-state index is 6.21. The van der Waals surface area contributed by atoms with Crippen LogP contribution in [-0.4, -0.2) is 8.11 Å². The van der Waals surface area contributed by atoms with Crippen molar-refractivity contribution in [3.63, 3.8) is 0 Å². The lowest BCUT2D eigenvalue weighted by molar-refractivity contribution is 1.07. The predicted octanol–water partition coefficient (Wildman–Crippen LogP) is 2.53. The molecule has 0 saturated heterocycles. The van der Waals surface area contributed by atoms with Crippen molar-refractivity contribution >= 4 is 24.4 Å². The lowest BCUT2D eigenvalue weighted by Crippen LogP contribution is -2.22. The highest BCUT2D eigenvalue weighted by atomic mass is 35.6. The standard InChI is InChI=1S/C9H12ClSi/c1-2-8-11(10)9-6-4-3-5-7-9/h3-7H,2,8H2,1H3. The van der Waals surface area contributed by atoms with Crippen LogP contribution in [0.25, 0.3) is 0 Å². The molecule has 0 aromatic heterocycles. The molecule has 0 nitrogen and oxygen atoms in total. The Bertz CT molecular complexity index is 198. The van der Waals surface area contributed by atoms with Crippen molar-refractivity contribution in [2.24, 2.45) is 0 Å². The van der Waals surface area contributed by atoms with E-state index in [0.717, 1.165) is 6.04 Å². The van der Waals surface area contributed by atoms with E-state index < -0.39 is 8.11 Å². The summed E-state index contributed by atoms with van der Waals surface area (Å²) in [6.07, 6.45) is 1.19. The minimum atomic E-state index is -0.746. The van der Waals surface area contributed by atoms with Crippen LogP contribution in [0.15, 0.2) is 30.3 Å². The van der Waals surface area contributed by atoms with Gasteiger partial charge in [0.1, 0.15) is 0 Å². The number of hydrogen-bond donors (Lipinski definition) is 0. The van der Waals surface area contributed by atoms with Gasteiger partial charge in [0.25, 0.3) is 0 Å². The second-order valence-corrected chi connectivity index (χ2v) is 5.78. The molecule has 0 heterocycles. The Kier molecular flexibility index (Phi) is 3.67. The van der Waals surface area contributed by atoms with E-state index in [0.29, 0.717) is 0 Å². The molecule has 1 aromatic rings. The van der Waals surface area contributed by atoms with Crippen molar-refractivity contribution < 1.29 is 0 Å². The van der Waals surface area contributed by atoms with Gasteiger partial charge < -0.3 is 0 Å². The Morgan fingerprint density at radius 3 is 2.45 bits per heavy atom. The van der Waals surface area contributed by atoms with Gasteiger partial charge in [-0.2, -0.15) is 11.1 Å². The Balaban J connectivity index is 2.61. The number of benzene rings is 1. The molecule has 0 unspecified atom stereocenters. The molecule has 0 fully saturated rings. The van der Waals surface area contributed by atoms with Crippen LogP contribution in [0.3, 0.4) is 0 Å². The Hall–Kier alpha value is -0.273. The van der Waals surface area contributed by atoms with Gasteiger partial charge in [-0.05, 0) is 11.2 Å². The van der Waals surface area contributed by atoms with Crippen LogP contribution in [-0.2, 0) is 0 Å². The third-order valence-electron chi connectivity index (χ3n) is 1.56. The first-order valence-corrected chi connectivity index (χ1v) is 6.63. The number of rotatable bonds is 3. The van der Waals surface area contributed by atoms with E-state index in [1.54, 1.807) is 0 Å². The first-order chi connectivity index (χ1) is 5.34. The van der Waals surface area contributed by atoms with Crippen molar-refractivity contribution in [3.05, 3.63) is 30.3 Å². The smallest absolute Gasteiger partial charge is 0.163 e. The molecule has 0 aliphatic heterocycles. The number of hydrogen-bond acceptors (Lipinski definition) is 0. The topological polar surface area (TPSA) is 0 Å². The molecule has 0 N–H and O–H groups in total. The molecule has 0 spiro atoms. The van der Waals surface area contributed by atoms with E-state index in [2.05, 4.69) is 31.2 Å². The van der Waals surface area contributed by atoms with Crippen LogP contribution < -0.4 is 5.19 Å². The van der Waals surface area contributed by atoms with Gasteiger partial charge in [-0.3, -0.25) is 0 Å². The fourth-order valence-corrected chi connectivity index (χ4v) is 3.21. The maximum Gasteiger partial charge on any atom is 0.199 e. The molecule has 11 heavy (non-hydrogen) atoms.